The van der Waals surface area contributed by atoms with Crippen LogP contribution in [-0.4, -0.2) is 43.7 Å². The van der Waals surface area contributed by atoms with Gasteiger partial charge in [0.1, 0.15) is 4.90 Å². The smallest absolute Gasteiger partial charge is 0.328 e. The highest BCUT2D eigenvalue weighted by Crippen LogP contribution is 2.24. The van der Waals surface area contributed by atoms with Gasteiger partial charge >= 0.3 is 5.97 Å². The fourth-order valence-corrected chi connectivity index (χ4v) is 3.24. The summed E-state index contributed by atoms with van der Waals surface area (Å²) in [5.74, 6) is -1.11. The van der Waals surface area contributed by atoms with Crippen LogP contribution >= 0.6 is 0 Å². The van der Waals surface area contributed by atoms with Crippen molar-refractivity contribution in [2.45, 2.75) is 29.9 Å². The average Bonchev–Trinajstić information content (AvgIpc) is 2.40. The monoisotopic (exact) mass is 312 g/mol. The molecule has 21 heavy (non-hydrogen) atoms. The van der Waals surface area contributed by atoms with Gasteiger partial charge < -0.3 is 9.84 Å². The molecule has 0 aromatic carbocycles. The van der Waals surface area contributed by atoms with Crippen molar-refractivity contribution in [1.29, 1.82) is 0 Å². The summed E-state index contributed by atoms with van der Waals surface area (Å²) in [5.41, 5.74) is 0.406. The summed E-state index contributed by atoms with van der Waals surface area (Å²) < 4.78 is 32.1. The van der Waals surface area contributed by atoms with Crippen molar-refractivity contribution >= 4 is 22.1 Å². The second kappa shape index (κ2) is 6.33. The Balaban J connectivity index is 2.09. The number of methoxy groups -OCH3 is 1. The second-order valence-electron chi connectivity index (χ2n) is 4.77. The molecule has 0 spiro atoms. The van der Waals surface area contributed by atoms with E-state index < -0.39 is 16.0 Å². The van der Waals surface area contributed by atoms with E-state index in [-0.39, 0.29) is 17.0 Å². The topological polar surface area (TPSA) is 106 Å². The van der Waals surface area contributed by atoms with Crippen LogP contribution in [0.1, 0.15) is 18.4 Å². The molecule has 1 aliphatic carbocycles. The van der Waals surface area contributed by atoms with E-state index in [0.717, 1.165) is 6.08 Å². The van der Waals surface area contributed by atoms with Crippen LogP contribution in [0.5, 0.6) is 0 Å². The number of rotatable bonds is 6. The predicted molar refractivity (Wildman–Crippen MR) is 75.0 cm³/mol. The van der Waals surface area contributed by atoms with Gasteiger partial charge in [-0.1, -0.05) is 0 Å². The number of nitrogens with one attached hydrogen (secondary N) is 1. The molecular formula is C13H16N2O5S. The second-order valence-corrected chi connectivity index (χ2v) is 6.49. The lowest BCUT2D eigenvalue weighted by Gasteiger charge is -2.34. The van der Waals surface area contributed by atoms with E-state index in [1.165, 1.54) is 24.5 Å². The predicted octanol–water partition coefficient (Wildman–Crippen LogP) is 0.635. The van der Waals surface area contributed by atoms with E-state index in [9.17, 15) is 13.2 Å². The summed E-state index contributed by atoms with van der Waals surface area (Å²) in [4.78, 5) is 14.3. The minimum Gasteiger partial charge on any atom is -0.478 e. The van der Waals surface area contributed by atoms with E-state index in [0.29, 0.717) is 18.4 Å². The highest BCUT2D eigenvalue weighted by Gasteiger charge is 2.32. The zero-order valence-electron chi connectivity index (χ0n) is 11.4. The molecule has 1 aliphatic rings. The largest absolute Gasteiger partial charge is 0.478 e. The lowest BCUT2D eigenvalue weighted by molar-refractivity contribution is -0.131. The summed E-state index contributed by atoms with van der Waals surface area (Å²) in [7, 11) is -2.07. The molecular weight excluding hydrogens is 296 g/mol. The minimum atomic E-state index is -3.66. The molecule has 0 saturated heterocycles. The van der Waals surface area contributed by atoms with Crippen molar-refractivity contribution in [3.63, 3.8) is 0 Å². The fourth-order valence-electron chi connectivity index (χ4n) is 1.98. The molecule has 8 heteroatoms. The van der Waals surface area contributed by atoms with E-state index in [1.807, 2.05) is 0 Å². The van der Waals surface area contributed by atoms with Crippen LogP contribution in [0.4, 0.5) is 0 Å². The van der Waals surface area contributed by atoms with Gasteiger partial charge in [-0.25, -0.2) is 17.9 Å². The third-order valence-corrected chi connectivity index (χ3v) is 4.70. The van der Waals surface area contributed by atoms with Gasteiger partial charge in [0, 0.05) is 31.6 Å². The van der Waals surface area contributed by atoms with E-state index >= 15 is 0 Å². The molecule has 1 saturated carbocycles. The third-order valence-electron chi connectivity index (χ3n) is 3.21. The number of pyridine rings is 1. The van der Waals surface area contributed by atoms with Gasteiger partial charge in [0.05, 0.1) is 6.10 Å². The normalized spacial score (nSPS) is 22.1. The molecule has 1 aromatic rings. The number of hydrogen-bond donors (Lipinski definition) is 2. The molecule has 0 aliphatic heterocycles. The Bertz CT molecular complexity index is 650. The first kappa shape index (κ1) is 15.6. The van der Waals surface area contributed by atoms with Gasteiger partial charge in [-0.15, -0.1) is 0 Å². The lowest BCUT2D eigenvalue weighted by Crippen LogP contribution is -2.47. The SMILES string of the molecule is COC1CC(NS(=O)(=O)c2cncc(/C=C/C(=O)O)c2)C1. The Labute approximate surface area is 122 Å². The van der Waals surface area contributed by atoms with Crippen molar-refractivity contribution in [1.82, 2.24) is 9.71 Å². The summed E-state index contributed by atoms with van der Waals surface area (Å²) >= 11 is 0. The van der Waals surface area contributed by atoms with Crippen molar-refractivity contribution < 1.29 is 23.1 Å². The molecule has 0 amide bonds. The zero-order valence-corrected chi connectivity index (χ0v) is 12.2. The van der Waals surface area contributed by atoms with Crippen LogP contribution in [0.15, 0.2) is 29.4 Å². The minimum absolute atomic E-state index is 0.0101. The Morgan fingerprint density at radius 3 is 2.81 bits per heavy atom. The first-order valence-electron chi connectivity index (χ1n) is 6.32. The maximum atomic E-state index is 12.2. The summed E-state index contributed by atoms with van der Waals surface area (Å²) in [6, 6.07) is 1.24. The molecule has 2 rings (SSSR count). The van der Waals surface area contributed by atoms with Crippen LogP contribution < -0.4 is 4.72 Å². The number of carboxylic acids is 1. The molecule has 7 nitrogen and oxygen atoms in total. The van der Waals surface area contributed by atoms with E-state index in [1.54, 1.807) is 7.11 Å². The zero-order chi connectivity index (χ0) is 15.5. The number of nitrogens with zero attached hydrogens (tertiary/aromatic N) is 1. The first-order chi connectivity index (χ1) is 9.90. The van der Waals surface area contributed by atoms with Crippen molar-refractivity contribution in [2.24, 2.45) is 0 Å². The quantitative estimate of drug-likeness (QED) is 0.747. The summed E-state index contributed by atoms with van der Waals surface area (Å²) in [5, 5.41) is 8.56. The van der Waals surface area contributed by atoms with Crippen LogP contribution in [0.2, 0.25) is 0 Å². The highest BCUT2D eigenvalue weighted by molar-refractivity contribution is 7.89. The summed E-state index contributed by atoms with van der Waals surface area (Å²) in [6.07, 6.45) is 6.22. The number of sulfonamides is 1. The fraction of sp³-hybridized carbons (Fsp3) is 0.385. The van der Waals surface area contributed by atoms with Crippen LogP contribution in [-0.2, 0) is 19.6 Å². The molecule has 1 fully saturated rings. The Morgan fingerprint density at radius 1 is 1.48 bits per heavy atom. The molecule has 1 heterocycles. The number of aromatic nitrogens is 1. The van der Waals surface area contributed by atoms with Gasteiger partial charge in [0.15, 0.2) is 0 Å². The van der Waals surface area contributed by atoms with Crippen LogP contribution in [0, 0.1) is 0 Å². The average molecular weight is 312 g/mol. The number of carbonyl (C=O) groups is 1. The number of ether oxygens (including phenoxy) is 1. The molecule has 0 atom stereocenters. The Kier molecular flexibility index (Phi) is 4.71. The van der Waals surface area contributed by atoms with Crippen LogP contribution in [0.3, 0.4) is 0 Å². The maximum Gasteiger partial charge on any atom is 0.328 e. The van der Waals surface area contributed by atoms with Gasteiger partial charge in [-0.05, 0) is 30.5 Å². The first-order valence-corrected chi connectivity index (χ1v) is 7.80. The molecule has 0 bridgehead atoms. The van der Waals surface area contributed by atoms with Crippen molar-refractivity contribution in [3.05, 3.63) is 30.1 Å². The third kappa shape index (κ3) is 4.10. The highest BCUT2D eigenvalue weighted by atomic mass is 32.2. The standard InChI is InChI=1S/C13H16N2O5S/c1-20-11-5-10(6-11)15-21(18,19)12-4-9(7-14-8-12)2-3-13(16)17/h2-4,7-8,10-11,15H,5-6H2,1H3,(H,16,17)/b3-2+. The lowest BCUT2D eigenvalue weighted by atomic mass is 9.90. The van der Waals surface area contributed by atoms with Gasteiger partial charge in [0.25, 0.3) is 0 Å². The number of hydrogen-bond acceptors (Lipinski definition) is 5. The maximum absolute atomic E-state index is 12.2. The molecule has 114 valence electrons. The number of aliphatic carboxylic acids is 1. The molecule has 0 unspecified atom stereocenters. The van der Waals surface area contributed by atoms with Crippen molar-refractivity contribution in [3.8, 4) is 0 Å². The number of carboxylic acid groups (broad SMARTS) is 1. The summed E-state index contributed by atoms with van der Waals surface area (Å²) in [6.45, 7) is 0. The van der Waals surface area contributed by atoms with Crippen LogP contribution in [0.25, 0.3) is 6.08 Å². The van der Waals surface area contributed by atoms with Crippen molar-refractivity contribution in [2.75, 3.05) is 7.11 Å². The van der Waals surface area contributed by atoms with E-state index in [4.69, 9.17) is 9.84 Å². The van der Waals surface area contributed by atoms with Gasteiger partial charge in [-0.3, -0.25) is 4.98 Å². The Hall–Kier alpha value is -1.77. The molecule has 0 radical (unpaired) electrons. The van der Waals surface area contributed by atoms with Gasteiger partial charge in [-0.2, -0.15) is 0 Å². The van der Waals surface area contributed by atoms with E-state index in [2.05, 4.69) is 9.71 Å². The van der Waals surface area contributed by atoms with Gasteiger partial charge in [0.2, 0.25) is 10.0 Å². The molecule has 1 aromatic heterocycles. The Morgan fingerprint density at radius 2 is 2.19 bits per heavy atom. The molecule has 2 N–H and O–H groups in total.